The summed E-state index contributed by atoms with van der Waals surface area (Å²) >= 11 is 0. The average Bonchev–Trinajstić information content (AvgIpc) is 2.40. The largest absolute Gasteiger partial charge is 0.314 e. The molecule has 1 heterocycles. The van der Waals surface area contributed by atoms with Gasteiger partial charge in [-0.1, -0.05) is 12.1 Å². The van der Waals surface area contributed by atoms with E-state index in [1.54, 1.807) is 4.90 Å². The smallest absolute Gasteiger partial charge is 0.240 e. The molecule has 0 aliphatic carbocycles. The van der Waals surface area contributed by atoms with Gasteiger partial charge in [0.25, 0.3) is 0 Å². The standard InChI is InChI=1S/C13H16F4N2.ClH/c14-10-3-1-2-9(13(10)17)11(8-12(15)16)19-6-4-18-5-7-19;/h1-3,11-12,18H,4-8H2;1H/t11-;/m1./s1. The molecule has 1 aliphatic rings. The Kier molecular flexibility index (Phi) is 6.71. The Hall–Kier alpha value is -0.850. The molecule has 7 heteroatoms. The Morgan fingerprint density at radius 1 is 1.15 bits per heavy atom. The monoisotopic (exact) mass is 312 g/mol. The van der Waals surface area contributed by atoms with Gasteiger partial charge in [0.15, 0.2) is 11.6 Å². The van der Waals surface area contributed by atoms with Crippen molar-refractivity contribution in [3.63, 3.8) is 0 Å². The van der Waals surface area contributed by atoms with Crippen LogP contribution in [0.5, 0.6) is 0 Å². The molecule has 114 valence electrons. The molecule has 0 radical (unpaired) electrons. The molecule has 1 saturated heterocycles. The summed E-state index contributed by atoms with van der Waals surface area (Å²) in [7, 11) is 0. The summed E-state index contributed by atoms with van der Waals surface area (Å²) in [5.74, 6) is -2.02. The highest BCUT2D eigenvalue weighted by atomic mass is 35.5. The first kappa shape index (κ1) is 17.2. The third-order valence-electron chi connectivity index (χ3n) is 3.33. The Morgan fingerprint density at radius 2 is 1.80 bits per heavy atom. The van der Waals surface area contributed by atoms with Crippen LogP contribution in [-0.4, -0.2) is 37.5 Å². The number of nitrogens with one attached hydrogen (secondary N) is 1. The summed E-state index contributed by atoms with van der Waals surface area (Å²) in [5.41, 5.74) is 0.0159. The van der Waals surface area contributed by atoms with Crippen molar-refractivity contribution < 1.29 is 17.6 Å². The van der Waals surface area contributed by atoms with Crippen LogP contribution in [0.4, 0.5) is 17.6 Å². The minimum Gasteiger partial charge on any atom is -0.314 e. The zero-order valence-electron chi connectivity index (χ0n) is 10.8. The molecule has 2 rings (SSSR count). The Balaban J connectivity index is 0.00000200. The molecular weight excluding hydrogens is 296 g/mol. The average molecular weight is 313 g/mol. The van der Waals surface area contributed by atoms with Crippen LogP contribution in [-0.2, 0) is 0 Å². The van der Waals surface area contributed by atoms with Gasteiger partial charge in [-0.2, -0.15) is 0 Å². The highest BCUT2D eigenvalue weighted by Crippen LogP contribution is 2.30. The molecule has 1 aromatic rings. The first-order chi connectivity index (χ1) is 9.09. The maximum Gasteiger partial charge on any atom is 0.240 e. The summed E-state index contributed by atoms with van der Waals surface area (Å²) in [6.07, 6.45) is -3.04. The molecule has 0 unspecified atom stereocenters. The van der Waals surface area contributed by atoms with E-state index in [9.17, 15) is 17.6 Å². The zero-order valence-corrected chi connectivity index (χ0v) is 11.6. The van der Waals surface area contributed by atoms with E-state index >= 15 is 0 Å². The first-order valence-corrected chi connectivity index (χ1v) is 6.26. The lowest BCUT2D eigenvalue weighted by atomic mass is 10.0. The van der Waals surface area contributed by atoms with E-state index in [1.807, 2.05) is 0 Å². The van der Waals surface area contributed by atoms with Crippen LogP contribution in [0, 0.1) is 11.6 Å². The number of halogens is 5. The fourth-order valence-corrected chi connectivity index (χ4v) is 2.41. The van der Waals surface area contributed by atoms with Crippen molar-refractivity contribution in [2.45, 2.75) is 18.9 Å². The van der Waals surface area contributed by atoms with Gasteiger partial charge in [0.2, 0.25) is 6.43 Å². The Bertz CT molecular complexity index is 425. The van der Waals surface area contributed by atoms with Crippen molar-refractivity contribution in [2.75, 3.05) is 26.2 Å². The topological polar surface area (TPSA) is 15.3 Å². The molecule has 0 saturated carbocycles. The minimum absolute atomic E-state index is 0. The Labute approximate surface area is 121 Å². The number of alkyl halides is 2. The summed E-state index contributed by atoms with van der Waals surface area (Å²) in [6.45, 7) is 2.42. The molecule has 0 aromatic heterocycles. The lowest BCUT2D eigenvalue weighted by molar-refractivity contribution is 0.0722. The van der Waals surface area contributed by atoms with E-state index in [0.717, 1.165) is 6.07 Å². The van der Waals surface area contributed by atoms with Crippen LogP contribution in [0.2, 0.25) is 0 Å². The molecule has 2 nitrogen and oxygen atoms in total. The molecule has 0 bridgehead atoms. The molecule has 0 spiro atoms. The normalized spacial score (nSPS) is 17.9. The second-order valence-corrected chi connectivity index (χ2v) is 4.57. The van der Waals surface area contributed by atoms with E-state index in [4.69, 9.17) is 0 Å². The van der Waals surface area contributed by atoms with Gasteiger partial charge in [-0.3, -0.25) is 4.90 Å². The highest BCUT2D eigenvalue weighted by Gasteiger charge is 2.28. The lowest BCUT2D eigenvalue weighted by Crippen LogP contribution is -2.45. The highest BCUT2D eigenvalue weighted by molar-refractivity contribution is 5.85. The zero-order chi connectivity index (χ0) is 13.8. The van der Waals surface area contributed by atoms with E-state index in [0.29, 0.717) is 26.2 Å². The van der Waals surface area contributed by atoms with Gasteiger partial charge in [0.1, 0.15) is 0 Å². The maximum atomic E-state index is 13.8. The first-order valence-electron chi connectivity index (χ1n) is 6.26. The van der Waals surface area contributed by atoms with Crippen LogP contribution in [0.15, 0.2) is 18.2 Å². The predicted octanol–water partition coefficient (Wildman–Crippen LogP) is 2.99. The van der Waals surface area contributed by atoms with Crippen molar-refractivity contribution in [1.29, 1.82) is 0 Å². The number of rotatable bonds is 4. The summed E-state index contributed by atoms with van der Waals surface area (Å²) in [4.78, 5) is 1.78. The predicted molar refractivity (Wildman–Crippen MR) is 71.4 cm³/mol. The second-order valence-electron chi connectivity index (χ2n) is 4.57. The molecule has 1 N–H and O–H groups in total. The fourth-order valence-electron chi connectivity index (χ4n) is 2.41. The van der Waals surface area contributed by atoms with E-state index in [1.165, 1.54) is 12.1 Å². The maximum absolute atomic E-state index is 13.8. The van der Waals surface area contributed by atoms with Crippen molar-refractivity contribution in [3.05, 3.63) is 35.4 Å². The fraction of sp³-hybridized carbons (Fsp3) is 0.538. The molecule has 1 aromatic carbocycles. The quantitative estimate of drug-likeness (QED) is 0.860. The third kappa shape index (κ3) is 4.07. The van der Waals surface area contributed by atoms with Crippen molar-refractivity contribution in [1.82, 2.24) is 10.2 Å². The molecule has 1 fully saturated rings. The van der Waals surface area contributed by atoms with Gasteiger partial charge in [-0.15, -0.1) is 12.4 Å². The minimum atomic E-state index is -2.55. The summed E-state index contributed by atoms with van der Waals surface area (Å²) < 4.78 is 52.4. The van der Waals surface area contributed by atoms with Gasteiger partial charge in [-0.05, 0) is 6.07 Å². The van der Waals surface area contributed by atoms with Crippen LogP contribution in [0.1, 0.15) is 18.0 Å². The number of hydrogen-bond acceptors (Lipinski definition) is 2. The number of piperazine rings is 1. The van der Waals surface area contributed by atoms with Crippen LogP contribution in [0.25, 0.3) is 0 Å². The van der Waals surface area contributed by atoms with Gasteiger partial charge < -0.3 is 5.32 Å². The van der Waals surface area contributed by atoms with Crippen LogP contribution < -0.4 is 5.32 Å². The second kappa shape index (κ2) is 7.81. The summed E-state index contributed by atoms with van der Waals surface area (Å²) in [6, 6.07) is 2.95. The van der Waals surface area contributed by atoms with Crippen LogP contribution in [0.3, 0.4) is 0 Å². The van der Waals surface area contributed by atoms with Crippen molar-refractivity contribution in [2.24, 2.45) is 0 Å². The van der Waals surface area contributed by atoms with Crippen molar-refractivity contribution >= 4 is 12.4 Å². The molecular formula is C13H17ClF4N2. The Morgan fingerprint density at radius 3 is 2.40 bits per heavy atom. The number of benzene rings is 1. The van der Waals surface area contributed by atoms with Gasteiger partial charge in [-0.25, -0.2) is 17.6 Å². The van der Waals surface area contributed by atoms with Gasteiger partial charge >= 0.3 is 0 Å². The lowest BCUT2D eigenvalue weighted by Gasteiger charge is -2.35. The SMILES string of the molecule is Cl.Fc1cccc([C@@H](CC(F)F)N2CCNCC2)c1F. The van der Waals surface area contributed by atoms with E-state index in [2.05, 4.69) is 5.32 Å². The number of nitrogens with zero attached hydrogens (tertiary/aromatic N) is 1. The van der Waals surface area contributed by atoms with Crippen molar-refractivity contribution in [3.8, 4) is 0 Å². The van der Waals surface area contributed by atoms with Gasteiger partial charge in [0.05, 0.1) is 0 Å². The van der Waals surface area contributed by atoms with E-state index < -0.39 is 30.5 Å². The summed E-state index contributed by atoms with van der Waals surface area (Å²) in [5, 5.41) is 3.10. The molecule has 1 atom stereocenters. The third-order valence-corrected chi connectivity index (χ3v) is 3.33. The molecule has 0 amide bonds. The van der Waals surface area contributed by atoms with Crippen LogP contribution >= 0.6 is 12.4 Å². The molecule has 1 aliphatic heterocycles. The molecule has 20 heavy (non-hydrogen) atoms. The van der Waals surface area contributed by atoms with Gasteiger partial charge in [0, 0.05) is 44.2 Å². The number of hydrogen-bond donors (Lipinski definition) is 1. The van der Waals surface area contributed by atoms with E-state index in [-0.39, 0.29) is 18.0 Å².